The Morgan fingerprint density at radius 3 is 2.40 bits per heavy atom. The number of benzene rings is 2. The molecule has 5 nitrogen and oxygen atoms in total. The lowest BCUT2D eigenvalue weighted by Gasteiger charge is -2.01. The fraction of sp³-hybridized carbons (Fsp3) is 0.0500. The van der Waals surface area contributed by atoms with Crippen molar-refractivity contribution in [3.8, 4) is 0 Å². The number of hydrogen-bond donors (Lipinski definition) is 1. The van der Waals surface area contributed by atoms with Crippen LogP contribution in [0.5, 0.6) is 0 Å². The molecule has 0 saturated heterocycles. The number of nitrogens with zero attached hydrogens (tertiary/aromatic N) is 1. The van der Waals surface area contributed by atoms with Crippen LogP contribution in [0.2, 0.25) is 0 Å². The number of aliphatic imine (C=N–C) groups is 1. The quantitative estimate of drug-likeness (QED) is 0.686. The molecule has 1 N–H and O–H groups in total. The minimum absolute atomic E-state index is 0.134. The highest BCUT2D eigenvalue weighted by atomic mass is 16.6. The molecule has 1 aliphatic rings. The van der Waals surface area contributed by atoms with Crippen LogP contribution < -0.4 is 5.32 Å². The molecule has 124 valence electrons. The molecule has 1 aliphatic heterocycles. The maximum Gasteiger partial charge on any atom is 0.363 e. The van der Waals surface area contributed by atoms with E-state index in [1.807, 2.05) is 36.4 Å². The van der Waals surface area contributed by atoms with Crippen molar-refractivity contribution in [2.45, 2.75) is 6.92 Å². The third-order valence-corrected chi connectivity index (χ3v) is 3.39. The molecule has 3 rings (SSSR count). The van der Waals surface area contributed by atoms with E-state index in [-0.39, 0.29) is 17.5 Å². The molecule has 0 atom stereocenters. The summed E-state index contributed by atoms with van der Waals surface area (Å²) in [5.74, 6) is -0.362. The van der Waals surface area contributed by atoms with Gasteiger partial charge in [-0.15, -0.1) is 0 Å². The summed E-state index contributed by atoms with van der Waals surface area (Å²) >= 11 is 0. The Balaban J connectivity index is 1.74. The molecule has 0 radical (unpaired) electrons. The van der Waals surface area contributed by atoms with Gasteiger partial charge in [0.05, 0.1) is 0 Å². The predicted molar refractivity (Wildman–Crippen MR) is 97.7 cm³/mol. The van der Waals surface area contributed by atoms with E-state index in [0.717, 1.165) is 11.1 Å². The molecular formula is C20H16N2O3. The molecule has 25 heavy (non-hydrogen) atoms. The summed E-state index contributed by atoms with van der Waals surface area (Å²) in [5.41, 5.74) is 2.71. The molecule has 1 heterocycles. The summed E-state index contributed by atoms with van der Waals surface area (Å²) in [5, 5.41) is 2.69. The number of nitrogens with one attached hydrogen (secondary N) is 1. The van der Waals surface area contributed by atoms with E-state index < -0.39 is 5.97 Å². The molecule has 2 aromatic carbocycles. The monoisotopic (exact) mass is 332 g/mol. The van der Waals surface area contributed by atoms with Crippen LogP contribution in [-0.2, 0) is 14.3 Å². The van der Waals surface area contributed by atoms with Gasteiger partial charge in [-0.05, 0) is 35.4 Å². The van der Waals surface area contributed by atoms with Gasteiger partial charge in [-0.3, -0.25) is 4.79 Å². The van der Waals surface area contributed by atoms with Gasteiger partial charge in [0, 0.05) is 18.7 Å². The first kappa shape index (κ1) is 16.4. The third-order valence-electron chi connectivity index (χ3n) is 3.39. The van der Waals surface area contributed by atoms with Crippen molar-refractivity contribution in [1.82, 2.24) is 0 Å². The van der Waals surface area contributed by atoms with Crippen LogP contribution in [0.3, 0.4) is 0 Å². The summed E-state index contributed by atoms with van der Waals surface area (Å²) in [6, 6.07) is 16.8. The van der Waals surface area contributed by atoms with E-state index in [1.54, 1.807) is 36.4 Å². The van der Waals surface area contributed by atoms with Crippen molar-refractivity contribution in [1.29, 1.82) is 0 Å². The Labute approximate surface area is 145 Å². The number of hydrogen-bond acceptors (Lipinski definition) is 4. The van der Waals surface area contributed by atoms with Gasteiger partial charge in [0.15, 0.2) is 5.70 Å². The van der Waals surface area contributed by atoms with E-state index in [2.05, 4.69) is 10.3 Å². The number of esters is 1. The van der Waals surface area contributed by atoms with Crippen molar-refractivity contribution in [2.24, 2.45) is 4.99 Å². The van der Waals surface area contributed by atoms with Crippen molar-refractivity contribution in [3.63, 3.8) is 0 Å². The second kappa shape index (κ2) is 7.40. The highest BCUT2D eigenvalue weighted by molar-refractivity contribution is 6.11. The summed E-state index contributed by atoms with van der Waals surface area (Å²) in [4.78, 5) is 27.1. The zero-order chi connectivity index (χ0) is 17.6. The molecule has 0 bridgehead atoms. The molecule has 0 aromatic heterocycles. The lowest BCUT2D eigenvalue weighted by atomic mass is 10.2. The molecule has 1 amide bonds. The highest BCUT2D eigenvalue weighted by Gasteiger charge is 2.20. The number of carbonyl (C=O) groups is 2. The summed E-state index contributed by atoms with van der Waals surface area (Å²) < 4.78 is 5.14. The van der Waals surface area contributed by atoms with Crippen molar-refractivity contribution in [2.75, 3.05) is 5.32 Å². The normalized spacial score (nSPS) is 15.3. The predicted octanol–water partition coefficient (Wildman–Crippen LogP) is 3.65. The first-order valence-electron chi connectivity index (χ1n) is 7.73. The van der Waals surface area contributed by atoms with Crippen LogP contribution >= 0.6 is 0 Å². The van der Waals surface area contributed by atoms with Gasteiger partial charge in [-0.2, -0.15) is 0 Å². The molecule has 0 spiro atoms. The zero-order valence-corrected chi connectivity index (χ0v) is 13.6. The number of cyclic esters (lactones) is 1. The minimum atomic E-state index is -0.487. The van der Waals surface area contributed by atoms with Gasteiger partial charge in [0.25, 0.3) is 0 Å². The lowest BCUT2D eigenvalue weighted by molar-refractivity contribution is -0.129. The van der Waals surface area contributed by atoms with Crippen LogP contribution in [0.4, 0.5) is 5.69 Å². The topological polar surface area (TPSA) is 67.8 Å². The Morgan fingerprint density at radius 2 is 1.72 bits per heavy atom. The summed E-state index contributed by atoms with van der Waals surface area (Å²) in [6.45, 7) is 1.45. The van der Waals surface area contributed by atoms with Gasteiger partial charge in [-0.1, -0.05) is 42.5 Å². The fourth-order valence-electron chi connectivity index (χ4n) is 2.25. The Bertz CT molecular complexity index is 879. The van der Waals surface area contributed by atoms with Crippen LogP contribution in [0.15, 0.2) is 71.4 Å². The number of carbonyl (C=O) groups excluding carboxylic acids is 2. The number of rotatable bonds is 4. The summed E-state index contributed by atoms with van der Waals surface area (Å²) in [7, 11) is 0. The first-order valence-corrected chi connectivity index (χ1v) is 7.73. The van der Waals surface area contributed by atoms with Crippen LogP contribution in [0, 0.1) is 0 Å². The molecule has 0 saturated carbocycles. The van der Waals surface area contributed by atoms with Gasteiger partial charge in [0.2, 0.25) is 11.8 Å². The third kappa shape index (κ3) is 4.51. The molecule has 5 heteroatoms. The maximum atomic E-state index is 11.9. The standard InChI is InChI=1S/C20H16N2O3/c1-14(23)21-17-10-7-16(8-11-17)13-18-20(24)25-19(22-18)12-9-15-5-3-2-4-6-15/h2-13H,1H3,(H,21,23). The SMILES string of the molecule is CC(=O)Nc1ccc(C=C2N=C(C=Cc3ccccc3)OC2=O)cc1. The smallest absolute Gasteiger partial charge is 0.363 e. The average Bonchev–Trinajstić information content (AvgIpc) is 2.95. The maximum absolute atomic E-state index is 11.9. The van der Waals surface area contributed by atoms with E-state index in [1.165, 1.54) is 6.92 Å². The zero-order valence-electron chi connectivity index (χ0n) is 13.6. The number of anilines is 1. The van der Waals surface area contributed by atoms with Crippen LogP contribution in [-0.4, -0.2) is 17.8 Å². The number of amides is 1. The van der Waals surface area contributed by atoms with Gasteiger partial charge >= 0.3 is 5.97 Å². The minimum Gasteiger partial charge on any atom is -0.403 e. The van der Waals surface area contributed by atoms with Crippen molar-refractivity contribution >= 4 is 35.6 Å². The van der Waals surface area contributed by atoms with E-state index in [0.29, 0.717) is 5.69 Å². The van der Waals surface area contributed by atoms with Crippen LogP contribution in [0.25, 0.3) is 12.2 Å². The highest BCUT2D eigenvalue weighted by Crippen LogP contribution is 2.18. The van der Waals surface area contributed by atoms with Gasteiger partial charge < -0.3 is 10.1 Å². The average molecular weight is 332 g/mol. The number of ether oxygens (including phenoxy) is 1. The van der Waals surface area contributed by atoms with E-state index in [9.17, 15) is 9.59 Å². The Morgan fingerprint density at radius 1 is 1.00 bits per heavy atom. The molecule has 2 aromatic rings. The molecule has 0 fully saturated rings. The molecule has 0 aliphatic carbocycles. The van der Waals surface area contributed by atoms with E-state index in [4.69, 9.17) is 4.74 Å². The fourth-order valence-corrected chi connectivity index (χ4v) is 2.25. The Hall–Kier alpha value is -3.47. The second-order valence-electron chi connectivity index (χ2n) is 5.42. The van der Waals surface area contributed by atoms with E-state index >= 15 is 0 Å². The molecular weight excluding hydrogens is 316 g/mol. The first-order chi connectivity index (χ1) is 12.1. The van der Waals surface area contributed by atoms with Crippen molar-refractivity contribution < 1.29 is 14.3 Å². The molecule has 0 unspecified atom stereocenters. The Kier molecular flexibility index (Phi) is 4.85. The summed E-state index contributed by atoms with van der Waals surface area (Å²) in [6.07, 6.45) is 5.13. The van der Waals surface area contributed by atoms with Gasteiger partial charge in [0.1, 0.15) is 0 Å². The van der Waals surface area contributed by atoms with Crippen molar-refractivity contribution in [3.05, 3.63) is 77.5 Å². The second-order valence-corrected chi connectivity index (χ2v) is 5.42. The van der Waals surface area contributed by atoms with Crippen LogP contribution in [0.1, 0.15) is 18.1 Å². The lowest BCUT2D eigenvalue weighted by Crippen LogP contribution is -2.05. The largest absolute Gasteiger partial charge is 0.403 e. The van der Waals surface area contributed by atoms with Gasteiger partial charge in [-0.25, -0.2) is 9.79 Å².